The van der Waals surface area contributed by atoms with Gasteiger partial charge in [-0.2, -0.15) is 0 Å². The molecule has 0 spiro atoms. The molecule has 1 saturated carbocycles. The maximum absolute atomic E-state index is 4.50. The van der Waals surface area contributed by atoms with E-state index >= 15 is 0 Å². The van der Waals surface area contributed by atoms with Crippen molar-refractivity contribution < 1.29 is 0 Å². The molecule has 0 aliphatic heterocycles. The van der Waals surface area contributed by atoms with Gasteiger partial charge in [0.15, 0.2) is 0 Å². The lowest BCUT2D eigenvalue weighted by molar-refractivity contribution is 0.212. The Morgan fingerprint density at radius 1 is 0.966 bits per heavy atom. The Morgan fingerprint density at radius 2 is 1.48 bits per heavy atom. The molecule has 1 heteroatoms. The summed E-state index contributed by atoms with van der Waals surface area (Å²) in [5, 5.41) is 0. The lowest BCUT2D eigenvalue weighted by atomic mass is 9.64. The number of rotatable bonds is 5. The molecule has 2 aromatic rings. The van der Waals surface area contributed by atoms with E-state index in [0.717, 1.165) is 11.5 Å². The molecule has 1 nitrogen and oxygen atoms in total. The zero-order valence-electron chi connectivity index (χ0n) is 19.6. The minimum Gasteiger partial charge on any atom is -0.333 e. The summed E-state index contributed by atoms with van der Waals surface area (Å²) in [5.41, 5.74) is 14.0. The zero-order chi connectivity index (χ0) is 21.6. The summed E-state index contributed by atoms with van der Waals surface area (Å²) in [5.74, 6) is 0.821. The van der Waals surface area contributed by atoms with E-state index in [2.05, 4.69) is 83.3 Å². The van der Waals surface area contributed by atoms with Crippen molar-refractivity contribution in [2.75, 3.05) is 7.05 Å². The Bertz CT molecular complexity index is 786. The van der Waals surface area contributed by atoms with Crippen LogP contribution in [0.1, 0.15) is 85.8 Å². The van der Waals surface area contributed by atoms with Crippen LogP contribution in [0.25, 0.3) is 5.57 Å². The van der Waals surface area contributed by atoms with Gasteiger partial charge in [0.2, 0.25) is 0 Å². The van der Waals surface area contributed by atoms with Gasteiger partial charge in [0, 0.05) is 0 Å². The molecular weight excluding hydrogens is 350 g/mol. The van der Waals surface area contributed by atoms with Gasteiger partial charge in [-0.25, -0.2) is 0 Å². The van der Waals surface area contributed by atoms with Crippen molar-refractivity contribution in [3.05, 3.63) is 76.4 Å². The summed E-state index contributed by atoms with van der Waals surface area (Å²) in [6.45, 7) is 16.0. The Morgan fingerprint density at radius 3 is 1.97 bits per heavy atom. The van der Waals surface area contributed by atoms with E-state index < -0.39 is 0 Å². The van der Waals surface area contributed by atoms with E-state index in [4.69, 9.17) is 0 Å². The van der Waals surface area contributed by atoms with E-state index in [1.807, 2.05) is 0 Å². The second-order valence-corrected chi connectivity index (χ2v) is 8.94. The summed E-state index contributed by atoms with van der Waals surface area (Å²) in [6, 6.07) is 13.7. The first-order valence-corrected chi connectivity index (χ1v) is 11.3. The maximum atomic E-state index is 4.50. The largest absolute Gasteiger partial charge is 0.333 e. The van der Waals surface area contributed by atoms with Crippen LogP contribution >= 0.6 is 0 Å². The predicted octanol–water partition coefficient (Wildman–Crippen LogP) is 7.50. The quantitative estimate of drug-likeness (QED) is 0.561. The molecule has 3 rings (SSSR count). The van der Waals surface area contributed by atoms with Gasteiger partial charge in [-0.15, -0.1) is 0 Å². The lowest BCUT2D eigenvalue weighted by Gasteiger charge is -2.40. The van der Waals surface area contributed by atoms with Crippen molar-refractivity contribution in [2.45, 2.75) is 78.6 Å². The average Bonchev–Trinajstić information content (AvgIpc) is 2.75. The van der Waals surface area contributed by atoms with Gasteiger partial charge in [-0.3, -0.25) is 0 Å². The highest BCUT2D eigenvalue weighted by Gasteiger charge is 2.35. The second kappa shape index (κ2) is 10.3. The van der Waals surface area contributed by atoms with Crippen molar-refractivity contribution in [1.82, 2.24) is 0 Å². The molecule has 0 amide bonds. The Kier molecular flexibility index (Phi) is 8.28. The fourth-order valence-electron chi connectivity index (χ4n) is 5.14. The number of hydrogen-bond acceptors (Lipinski definition) is 1. The summed E-state index contributed by atoms with van der Waals surface area (Å²) >= 11 is 0. The molecule has 2 aromatic carbocycles. The topological polar surface area (TPSA) is 26.0 Å². The van der Waals surface area contributed by atoms with E-state index in [1.54, 1.807) is 0 Å². The normalized spacial score (nSPS) is 16.5. The highest BCUT2D eigenvalue weighted by Crippen LogP contribution is 2.44. The third-order valence-electron chi connectivity index (χ3n) is 7.13. The molecule has 158 valence electrons. The molecule has 1 unspecified atom stereocenters. The number of benzene rings is 2. The lowest BCUT2D eigenvalue weighted by Crippen LogP contribution is -2.33. The molecule has 1 aliphatic rings. The highest BCUT2D eigenvalue weighted by atomic mass is 14.4. The maximum Gasteiger partial charge on any atom is -0.00494 e. The standard InChI is InChI=1S/C27H36.CH5N/c1-7-27(6,24-11-9-8-10-12-24)25-17-20(3)26(21(4)18-25)22(5)23-15-13-19(2)14-16-23;1-2/h13-18,24H,5,7-12H2,1-4,6H3;2H2,1H3. The minimum absolute atomic E-state index is 0.291. The first kappa shape index (κ1) is 23.4. The van der Waals surface area contributed by atoms with Crippen LogP contribution in [-0.2, 0) is 5.41 Å². The van der Waals surface area contributed by atoms with Gasteiger partial charge in [0.05, 0.1) is 0 Å². The number of aryl methyl sites for hydroxylation is 3. The van der Waals surface area contributed by atoms with Crippen LogP contribution in [0, 0.1) is 26.7 Å². The summed E-state index contributed by atoms with van der Waals surface area (Å²) in [7, 11) is 1.50. The number of hydrogen-bond donors (Lipinski definition) is 1. The molecule has 0 bridgehead atoms. The van der Waals surface area contributed by atoms with Crippen LogP contribution in [0.3, 0.4) is 0 Å². The molecule has 0 heterocycles. The van der Waals surface area contributed by atoms with Crippen LogP contribution in [0.15, 0.2) is 43.0 Å². The van der Waals surface area contributed by atoms with Crippen molar-refractivity contribution in [3.63, 3.8) is 0 Å². The summed E-state index contributed by atoms with van der Waals surface area (Å²) < 4.78 is 0. The van der Waals surface area contributed by atoms with Crippen LogP contribution in [0.2, 0.25) is 0 Å². The number of nitrogens with two attached hydrogens (primary N) is 1. The average molecular weight is 392 g/mol. The van der Waals surface area contributed by atoms with Gasteiger partial charge in [-0.05, 0) is 91.8 Å². The molecule has 0 radical (unpaired) electrons. The SMILES string of the molecule is C=C(c1ccc(C)cc1)c1c(C)cc(C(C)(CC)C2CCCCC2)cc1C.CN. The molecular formula is C28H41N. The molecule has 0 saturated heterocycles. The van der Waals surface area contributed by atoms with Crippen LogP contribution in [0.4, 0.5) is 0 Å². The molecule has 29 heavy (non-hydrogen) atoms. The first-order chi connectivity index (χ1) is 13.9. The van der Waals surface area contributed by atoms with Crippen LogP contribution < -0.4 is 5.73 Å². The second-order valence-electron chi connectivity index (χ2n) is 8.94. The first-order valence-electron chi connectivity index (χ1n) is 11.3. The molecule has 0 aromatic heterocycles. The molecule has 1 fully saturated rings. The zero-order valence-corrected chi connectivity index (χ0v) is 19.6. The van der Waals surface area contributed by atoms with Crippen LogP contribution in [0.5, 0.6) is 0 Å². The van der Waals surface area contributed by atoms with Gasteiger partial charge in [0.1, 0.15) is 0 Å². The minimum atomic E-state index is 0.291. The van der Waals surface area contributed by atoms with E-state index in [1.165, 1.54) is 79.0 Å². The molecule has 2 N–H and O–H groups in total. The summed E-state index contributed by atoms with van der Waals surface area (Å²) in [4.78, 5) is 0. The van der Waals surface area contributed by atoms with Gasteiger partial charge < -0.3 is 5.73 Å². The Hall–Kier alpha value is -1.86. The predicted molar refractivity (Wildman–Crippen MR) is 130 cm³/mol. The van der Waals surface area contributed by atoms with Crippen molar-refractivity contribution in [3.8, 4) is 0 Å². The van der Waals surface area contributed by atoms with E-state index in [-0.39, 0.29) is 0 Å². The monoisotopic (exact) mass is 391 g/mol. The molecule has 1 atom stereocenters. The van der Waals surface area contributed by atoms with Crippen molar-refractivity contribution >= 4 is 5.57 Å². The fourth-order valence-corrected chi connectivity index (χ4v) is 5.14. The van der Waals surface area contributed by atoms with Crippen molar-refractivity contribution in [2.24, 2.45) is 11.7 Å². The van der Waals surface area contributed by atoms with E-state index in [9.17, 15) is 0 Å². The van der Waals surface area contributed by atoms with E-state index in [0.29, 0.717) is 5.41 Å². The summed E-state index contributed by atoms with van der Waals surface area (Å²) in [6.07, 6.45) is 8.22. The third-order valence-corrected chi connectivity index (χ3v) is 7.13. The van der Waals surface area contributed by atoms with Crippen LogP contribution in [-0.4, -0.2) is 7.05 Å². The highest BCUT2D eigenvalue weighted by molar-refractivity contribution is 5.81. The molecule has 1 aliphatic carbocycles. The van der Waals surface area contributed by atoms with Gasteiger partial charge in [-0.1, -0.05) is 81.7 Å². The van der Waals surface area contributed by atoms with Gasteiger partial charge >= 0.3 is 0 Å². The third kappa shape index (κ3) is 5.01. The fraction of sp³-hybridized carbons (Fsp3) is 0.500. The Labute approximate surface area is 179 Å². The van der Waals surface area contributed by atoms with Gasteiger partial charge in [0.25, 0.3) is 0 Å². The van der Waals surface area contributed by atoms with Crippen molar-refractivity contribution in [1.29, 1.82) is 0 Å². The Balaban J connectivity index is 0.00000145. The smallest absolute Gasteiger partial charge is 0.00494 e.